The number of nitro groups is 1. The predicted molar refractivity (Wildman–Crippen MR) is 67.7 cm³/mol. The van der Waals surface area contributed by atoms with Crippen LogP contribution in [0.3, 0.4) is 0 Å². The topological polar surface area (TPSA) is 93.2 Å². The van der Waals surface area contributed by atoms with Crippen LogP contribution in [0.4, 0.5) is 18.9 Å². The average Bonchev–Trinajstić information content (AvgIpc) is 2.81. The lowest BCUT2D eigenvalue weighted by molar-refractivity contribution is -0.385. The third kappa shape index (κ3) is 7.61. The summed E-state index contributed by atoms with van der Waals surface area (Å²) in [5.41, 5.74) is -0.165. The van der Waals surface area contributed by atoms with Crippen molar-refractivity contribution in [3.8, 4) is 0 Å². The third-order valence-corrected chi connectivity index (χ3v) is 2.67. The van der Waals surface area contributed by atoms with Gasteiger partial charge in [-0.1, -0.05) is 0 Å². The summed E-state index contributed by atoms with van der Waals surface area (Å²) in [5.74, 6) is 0. The number of aliphatic hydroxyl groups is 1. The number of aliphatic hydroxyl groups excluding tert-OH is 1. The van der Waals surface area contributed by atoms with Gasteiger partial charge >= 0.3 is 11.9 Å². The maximum Gasteiger partial charge on any atom is 0.389 e. The SMILES string of the molecule is O=[N+]([O-])c1cnn(CC(O)CNCCCCC(F)(F)F)c1. The highest BCUT2D eigenvalue weighted by molar-refractivity contribution is 5.20. The molecule has 0 spiro atoms. The van der Waals surface area contributed by atoms with E-state index in [4.69, 9.17) is 0 Å². The molecule has 1 rings (SSSR count). The van der Waals surface area contributed by atoms with Gasteiger partial charge in [-0.2, -0.15) is 18.3 Å². The number of hydrogen-bond acceptors (Lipinski definition) is 5. The molecule has 0 bridgehead atoms. The van der Waals surface area contributed by atoms with Crippen molar-refractivity contribution in [2.75, 3.05) is 13.1 Å². The van der Waals surface area contributed by atoms with E-state index in [0.717, 1.165) is 6.20 Å². The van der Waals surface area contributed by atoms with Crippen molar-refractivity contribution >= 4 is 5.69 Å². The van der Waals surface area contributed by atoms with Crippen LogP contribution in [-0.4, -0.2) is 45.2 Å². The predicted octanol–water partition coefficient (Wildman–Crippen LogP) is 1.47. The Morgan fingerprint density at radius 2 is 2.19 bits per heavy atom. The Morgan fingerprint density at radius 3 is 2.76 bits per heavy atom. The average molecular weight is 310 g/mol. The lowest BCUT2D eigenvalue weighted by Crippen LogP contribution is -2.31. The van der Waals surface area contributed by atoms with E-state index >= 15 is 0 Å². The van der Waals surface area contributed by atoms with E-state index in [1.54, 1.807) is 0 Å². The summed E-state index contributed by atoms with van der Waals surface area (Å²) in [6.07, 6.45) is -3.09. The van der Waals surface area contributed by atoms with Gasteiger partial charge in [-0.15, -0.1) is 0 Å². The highest BCUT2D eigenvalue weighted by Crippen LogP contribution is 2.21. The van der Waals surface area contributed by atoms with Crippen molar-refractivity contribution in [2.45, 2.75) is 38.1 Å². The summed E-state index contributed by atoms with van der Waals surface area (Å²) >= 11 is 0. The van der Waals surface area contributed by atoms with Crippen molar-refractivity contribution in [1.82, 2.24) is 15.1 Å². The van der Waals surface area contributed by atoms with Gasteiger partial charge in [-0.05, 0) is 19.4 Å². The van der Waals surface area contributed by atoms with E-state index in [1.807, 2.05) is 0 Å². The maximum atomic E-state index is 11.9. The molecule has 1 aromatic rings. The second-order valence-electron chi connectivity index (χ2n) is 4.61. The number of nitrogens with zero attached hydrogens (tertiary/aromatic N) is 3. The molecule has 0 aliphatic carbocycles. The first-order valence-electron chi connectivity index (χ1n) is 6.40. The zero-order chi connectivity index (χ0) is 15.9. The fourth-order valence-electron chi connectivity index (χ4n) is 1.67. The zero-order valence-corrected chi connectivity index (χ0v) is 11.2. The molecule has 0 radical (unpaired) electrons. The zero-order valence-electron chi connectivity index (χ0n) is 11.2. The molecule has 2 N–H and O–H groups in total. The normalized spacial score (nSPS) is 13.3. The number of nitrogens with one attached hydrogen (secondary N) is 1. The van der Waals surface area contributed by atoms with Crippen LogP contribution in [0.15, 0.2) is 12.4 Å². The molecular formula is C11H17F3N4O3. The summed E-state index contributed by atoms with van der Waals surface area (Å²) in [6.45, 7) is 0.620. The molecule has 1 unspecified atom stereocenters. The first-order valence-corrected chi connectivity index (χ1v) is 6.40. The number of halogens is 3. The number of aromatic nitrogens is 2. The van der Waals surface area contributed by atoms with Crippen LogP contribution in [0, 0.1) is 10.1 Å². The minimum atomic E-state index is -4.13. The molecule has 0 fully saturated rings. The largest absolute Gasteiger partial charge is 0.390 e. The van der Waals surface area contributed by atoms with Crippen molar-refractivity contribution in [3.63, 3.8) is 0 Å². The number of rotatable bonds is 9. The molecule has 0 aromatic carbocycles. The van der Waals surface area contributed by atoms with Crippen molar-refractivity contribution < 1.29 is 23.2 Å². The first-order chi connectivity index (χ1) is 9.78. The van der Waals surface area contributed by atoms with Crippen molar-refractivity contribution in [3.05, 3.63) is 22.5 Å². The molecule has 0 aliphatic heterocycles. The fourth-order valence-corrected chi connectivity index (χ4v) is 1.67. The summed E-state index contributed by atoms with van der Waals surface area (Å²) in [5, 5.41) is 26.7. The smallest absolute Gasteiger partial charge is 0.389 e. The van der Waals surface area contributed by atoms with E-state index < -0.39 is 23.6 Å². The van der Waals surface area contributed by atoms with Crippen LogP contribution in [0.2, 0.25) is 0 Å². The van der Waals surface area contributed by atoms with Crippen LogP contribution in [0.25, 0.3) is 0 Å². The Morgan fingerprint density at radius 1 is 1.48 bits per heavy atom. The Hall–Kier alpha value is -1.68. The minimum Gasteiger partial charge on any atom is -0.390 e. The van der Waals surface area contributed by atoms with Crippen LogP contribution >= 0.6 is 0 Å². The molecule has 0 saturated heterocycles. The quantitative estimate of drug-likeness (QED) is 0.409. The third-order valence-electron chi connectivity index (χ3n) is 2.67. The van der Waals surface area contributed by atoms with Crippen molar-refractivity contribution in [2.24, 2.45) is 0 Å². The first kappa shape index (κ1) is 17.4. The Balaban J connectivity index is 2.13. The Bertz CT molecular complexity index is 450. The monoisotopic (exact) mass is 310 g/mol. The highest BCUT2D eigenvalue weighted by atomic mass is 19.4. The summed E-state index contributed by atoms with van der Waals surface area (Å²) < 4.78 is 36.9. The Kier molecular flexibility index (Phi) is 6.56. The lowest BCUT2D eigenvalue weighted by Gasteiger charge is -2.12. The molecule has 0 saturated carbocycles. The number of hydrogen-bond donors (Lipinski definition) is 2. The number of alkyl halides is 3. The Labute approximate surface area is 118 Å². The molecule has 7 nitrogen and oxygen atoms in total. The minimum absolute atomic E-state index is 0.0396. The fraction of sp³-hybridized carbons (Fsp3) is 0.727. The highest BCUT2D eigenvalue weighted by Gasteiger charge is 2.25. The molecular weight excluding hydrogens is 293 g/mol. The van der Waals surface area contributed by atoms with Gasteiger partial charge in [0, 0.05) is 13.0 Å². The lowest BCUT2D eigenvalue weighted by atomic mass is 10.2. The molecule has 1 aromatic heterocycles. The van der Waals surface area contributed by atoms with Crippen molar-refractivity contribution in [1.29, 1.82) is 0 Å². The van der Waals surface area contributed by atoms with Crippen LogP contribution < -0.4 is 5.32 Å². The summed E-state index contributed by atoms with van der Waals surface area (Å²) in [7, 11) is 0. The molecule has 120 valence electrons. The second kappa shape index (κ2) is 7.93. The van der Waals surface area contributed by atoms with E-state index in [0.29, 0.717) is 13.0 Å². The van der Waals surface area contributed by atoms with Gasteiger partial charge in [0.25, 0.3) is 0 Å². The molecule has 21 heavy (non-hydrogen) atoms. The van der Waals surface area contributed by atoms with Crippen LogP contribution in [-0.2, 0) is 6.54 Å². The molecule has 0 aliphatic rings. The van der Waals surface area contributed by atoms with Gasteiger partial charge in [0.1, 0.15) is 12.4 Å². The standard InChI is InChI=1S/C11H17F3N4O3/c12-11(13,14)3-1-2-4-15-6-10(19)8-17-7-9(5-16-17)18(20)21/h5,7,10,15,19H,1-4,6,8H2. The molecule has 0 amide bonds. The van der Waals surface area contributed by atoms with Gasteiger partial charge in [-0.3, -0.25) is 14.8 Å². The van der Waals surface area contributed by atoms with E-state index in [1.165, 1.54) is 10.9 Å². The van der Waals surface area contributed by atoms with Crippen LogP contribution in [0.5, 0.6) is 0 Å². The van der Waals surface area contributed by atoms with Gasteiger partial charge in [0.05, 0.1) is 17.6 Å². The van der Waals surface area contributed by atoms with Gasteiger partial charge in [0.2, 0.25) is 0 Å². The number of unbranched alkanes of at least 4 members (excludes halogenated alkanes) is 1. The molecule has 1 heterocycles. The second-order valence-corrected chi connectivity index (χ2v) is 4.61. The van der Waals surface area contributed by atoms with E-state index in [2.05, 4.69) is 10.4 Å². The molecule has 1 atom stereocenters. The summed E-state index contributed by atoms with van der Waals surface area (Å²) in [4.78, 5) is 9.85. The summed E-state index contributed by atoms with van der Waals surface area (Å²) in [6, 6.07) is 0. The van der Waals surface area contributed by atoms with Crippen LogP contribution in [0.1, 0.15) is 19.3 Å². The molecule has 10 heteroatoms. The van der Waals surface area contributed by atoms with Gasteiger partial charge < -0.3 is 10.4 Å². The maximum absolute atomic E-state index is 11.9. The van der Waals surface area contributed by atoms with Gasteiger partial charge in [0.15, 0.2) is 0 Å². The van der Waals surface area contributed by atoms with Gasteiger partial charge in [-0.25, -0.2) is 0 Å². The van der Waals surface area contributed by atoms with E-state index in [-0.39, 0.29) is 25.2 Å². The van der Waals surface area contributed by atoms with E-state index in [9.17, 15) is 28.4 Å².